The van der Waals surface area contributed by atoms with E-state index in [1.54, 1.807) is 6.08 Å². The van der Waals surface area contributed by atoms with E-state index in [1.165, 1.54) is 11.1 Å². The van der Waals surface area contributed by atoms with Gasteiger partial charge in [0.1, 0.15) is 24.4 Å². The van der Waals surface area contributed by atoms with E-state index in [1.807, 2.05) is 0 Å². The van der Waals surface area contributed by atoms with Gasteiger partial charge in [-0.15, -0.1) is 0 Å². The summed E-state index contributed by atoms with van der Waals surface area (Å²) in [5.74, 6) is 0.112. The second-order valence-corrected chi connectivity index (χ2v) is 11.4. The van der Waals surface area contributed by atoms with E-state index in [-0.39, 0.29) is 29.6 Å². The molecule has 2 unspecified atom stereocenters. The normalized spacial score (nSPS) is 52.6. The lowest BCUT2D eigenvalue weighted by molar-refractivity contribution is -0.196. The van der Waals surface area contributed by atoms with Gasteiger partial charge in [-0.25, -0.2) is 0 Å². The molecule has 0 aromatic carbocycles. The minimum absolute atomic E-state index is 0.174. The highest BCUT2D eigenvalue weighted by molar-refractivity contribution is 5.46. The maximum atomic E-state index is 12.4. The van der Waals surface area contributed by atoms with Gasteiger partial charge in [-0.2, -0.15) is 0 Å². The first kappa shape index (κ1) is 21.6. The van der Waals surface area contributed by atoms with Crippen LogP contribution in [0, 0.1) is 28.7 Å². The zero-order valence-electron chi connectivity index (χ0n) is 19.9. The number of allylic oxidation sites excluding steroid dienone is 1. The zero-order valence-corrected chi connectivity index (χ0v) is 19.9. The lowest BCUT2D eigenvalue weighted by Gasteiger charge is -2.60. The van der Waals surface area contributed by atoms with Crippen LogP contribution in [0.5, 0.6) is 0 Å². The highest BCUT2D eigenvalue weighted by atomic mass is 16.7. The molecule has 170 valence electrons. The highest BCUT2D eigenvalue weighted by Crippen LogP contribution is 2.67. The van der Waals surface area contributed by atoms with E-state index < -0.39 is 22.8 Å². The molecule has 0 radical (unpaired) electrons. The fourth-order valence-corrected chi connectivity index (χ4v) is 7.53. The van der Waals surface area contributed by atoms with Crippen LogP contribution in [0.25, 0.3) is 4.85 Å². The van der Waals surface area contributed by atoms with Gasteiger partial charge in [-0.05, 0) is 64.0 Å². The summed E-state index contributed by atoms with van der Waals surface area (Å²) in [7, 11) is 0. The van der Waals surface area contributed by atoms with Crippen LogP contribution in [0.1, 0.15) is 67.2 Å². The second kappa shape index (κ2) is 6.67. The minimum Gasteiger partial charge on any atom is -0.387 e. The van der Waals surface area contributed by atoms with Crippen molar-refractivity contribution in [2.45, 2.75) is 103 Å². The molecule has 9 atom stereocenters. The van der Waals surface area contributed by atoms with E-state index in [2.05, 4.69) is 54.2 Å². The van der Waals surface area contributed by atoms with Crippen molar-refractivity contribution in [3.05, 3.63) is 28.6 Å². The molecular weight excluding hydrogens is 390 g/mol. The van der Waals surface area contributed by atoms with Gasteiger partial charge in [0.2, 0.25) is 5.92 Å². The van der Waals surface area contributed by atoms with Crippen molar-refractivity contribution >= 4 is 0 Å². The predicted octanol–water partition coefficient (Wildman–Crippen LogP) is 4.71. The summed E-state index contributed by atoms with van der Waals surface area (Å²) in [4.78, 5) is 4.98. The maximum absolute atomic E-state index is 12.4. The van der Waals surface area contributed by atoms with E-state index in [9.17, 15) is 5.11 Å². The number of ether oxygens (including phenoxy) is 3. The average molecular weight is 429 g/mol. The summed E-state index contributed by atoms with van der Waals surface area (Å²) in [5, 5.41) is 12.4. The maximum Gasteiger partial charge on any atom is 0.334 e. The lowest BCUT2D eigenvalue weighted by Crippen LogP contribution is -2.75. The Morgan fingerprint density at radius 3 is 2.58 bits per heavy atom. The summed E-state index contributed by atoms with van der Waals surface area (Å²) in [6.07, 6.45) is 4.61. The van der Waals surface area contributed by atoms with Gasteiger partial charge >= 0.3 is 5.54 Å². The number of hydrogen-bond donors (Lipinski definition) is 1. The Balaban J connectivity index is 1.79. The van der Waals surface area contributed by atoms with Crippen LogP contribution in [-0.2, 0) is 14.2 Å². The van der Waals surface area contributed by atoms with Crippen molar-refractivity contribution in [2.24, 2.45) is 22.7 Å². The van der Waals surface area contributed by atoms with Crippen LogP contribution in [0.3, 0.4) is 0 Å². The molecule has 1 spiro atoms. The number of rotatable bonds is 1. The molecule has 5 aliphatic rings. The fraction of sp³-hybridized carbons (Fsp3) is 0.808. The van der Waals surface area contributed by atoms with Crippen molar-refractivity contribution in [1.82, 2.24) is 0 Å². The Bertz CT molecular complexity index is 899. The van der Waals surface area contributed by atoms with E-state index in [0.717, 1.165) is 19.3 Å². The molecule has 1 saturated carbocycles. The molecule has 3 aliphatic heterocycles. The van der Waals surface area contributed by atoms with Crippen molar-refractivity contribution in [3.63, 3.8) is 0 Å². The Morgan fingerprint density at radius 2 is 1.94 bits per heavy atom. The van der Waals surface area contributed by atoms with Gasteiger partial charge in [-0.3, -0.25) is 0 Å². The molecule has 3 heterocycles. The molecule has 2 aliphatic carbocycles. The summed E-state index contributed by atoms with van der Waals surface area (Å²) in [6.45, 7) is 17.7. The summed E-state index contributed by atoms with van der Waals surface area (Å²) in [5.41, 5.74) is 0.0927. The standard InChI is InChI=1S/C26H38NO4/c1-8-19-30-21-20-15(2)11-12-26(28,23(20,5)6)18-13-27-25(18)14-29-17(4)10-9-16(3)24(25,7)22(21)31-19/h8,16-19,21-22,28H,1,9-12,14H2,2-7H3/q+1/t16-,17-,18?,19+,21+,22+,24-,25+,26?/m0/s1. The monoisotopic (exact) mass is 428 g/mol. The second-order valence-electron chi connectivity index (χ2n) is 11.4. The molecule has 3 fully saturated rings. The van der Waals surface area contributed by atoms with E-state index >= 15 is 0 Å². The smallest absolute Gasteiger partial charge is 0.334 e. The number of aliphatic hydroxyl groups is 1. The molecule has 31 heavy (non-hydrogen) atoms. The summed E-state index contributed by atoms with van der Waals surface area (Å²) < 4.78 is 19.6. The molecule has 0 aromatic heterocycles. The third-order valence-corrected chi connectivity index (χ3v) is 9.90. The van der Waals surface area contributed by atoms with Gasteiger partial charge in [0.15, 0.2) is 6.29 Å². The quantitative estimate of drug-likeness (QED) is 0.615. The Morgan fingerprint density at radius 1 is 1.19 bits per heavy atom. The largest absolute Gasteiger partial charge is 0.387 e. The van der Waals surface area contributed by atoms with Crippen molar-refractivity contribution in [1.29, 1.82) is 0 Å². The molecule has 5 rings (SSSR count). The third-order valence-electron chi connectivity index (χ3n) is 9.90. The number of fused-ring (bicyclic) bond motifs is 6. The fourth-order valence-electron chi connectivity index (χ4n) is 7.53. The number of nitrogens with zero attached hydrogens (tertiary/aromatic N) is 1. The van der Waals surface area contributed by atoms with Gasteiger partial charge in [0.25, 0.3) is 6.07 Å². The van der Waals surface area contributed by atoms with Crippen LogP contribution in [0.2, 0.25) is 0 Å². The first-order valence-electron chi connectivity index (χ1n) is 12.0. The summed E-state index contributed by atoms with van der Waals surface area (Å²) >= 11 is 0. The molecule has 5 heteroatoms. The Kier molecular flexibility index (Phi) is 4.66. The number of hydrogen-bond acceptors (Lipinski definition) is 4. The molecule has 2 bridgehead atoms. The molecule has 1 N–H and O–H groups in total. The predicted molar refractivity (Wildman–Crippen MR) is 120 cm³/mol. The molecule has 0 amide bonds. The SMILES string of the molecule is C=C[C@@H]1O[C@@H]2C3=C(C)CCC(O)(C4C#[N+][C@]45CO[C@@H](C)CC[C@H](C)[C@@]5(C)[C@@H]2O1)C3(C)C. The van der Waals surface area contributed by atoms with Crippen LogP contribution >= 0.6 is 0 Å². The molecular formula is C26H38NO4+. The van der Waals surface area contributed by atoms with Crippen molar-refractivity contribution in [2.75, 3.05) is 6.61 Å². The van der Waals surface area contributed by atoms with Crippen molar-refractivity contribution in [3.8, 4) is 6.07 Å². The topological polar surface area (TPSA) is 52.3 Å². The van der Waals surface area contributed by atoms with Gasteiger partial charge in [0.05, 0.1) is 11.5 Å². The minimum atomic E-state index is -0.961. The Labute approximate surface area is 186 Å². The summed E-state index contributed by atoms with van der Waals surface area (Å²) in [6, 6.07) is 3.34. The zero-order chi connectivity index (χ0) is 22.4. The average Bonchev–Trinajstić information content (AvgIpc) is 3.11. The molecule has 2 saturated heterocycles. The highest BCUT2D eigenvalue weighted by Gasteiger charge is 2.82. The van der Waals surface area contributed by atoms with Crippen LogP contribution in [-0.4, -0.2) is 47.5 Å². The van der Waals surface area contributed by atoms with Gasteiger partial charge in [0, 0.05) is 5.41 Å². The van der Waals surface area contributed by atoms with Crippen LogP contribution in [0.15, 0.2) is 23.8 Å². The van der Waals surface area contributed by atoms with E-state index in [0.29, 0.717) is 18.9 Å². The van der Waals surface area contributed by atoms with Crippen molar-refractivity contribution < 1.29 is 19.3 Å². The van der Waals surface area contributed by atoms with Crippen LogP contribution < -0.4 is 0 Å². The Hall–Kier alpha value is -1.19. The first-order valence-corrected chi connectivity index (χ1v) is 12.0. The molecule has 0 aromatic rings. The first-order chi connectivity index (χ1) is 14.5. The van der Waals surface area contributed by atoms with Crippen LogP contribution in [0.4, 0.5) is 0 Å². The third kappa shape index (κ3) is 2.46. The van der Waals surface area contributed by atoms with Gasteiger partial charge in [-0.1, -0.05) is 37.8 Å². The van der Waals surface area contributed by atoms with Gasteiger partial charge < -0.3 is 19.3 Å². The lowest BCUT2D eigenvalue weighted by atomic mass is 9.43. The van der Waals surface area contributed by atoms with E-state index in [4.69, 9.17) is 19.1 Å². The molecule has 5 nitrogen and oxygen atoms in total.